The Morgan fingerprint density at radius 2 is 2.06 bits per heavy atom. The number of fused-ring (bicyclic) bond motifs is 1. The van der Waals surface area contributed by atoms with E-state index in [1.54, 1.807) is 18.2 Å². The van der Waals surface area contributed by atoms with Crippen molar-refractivity contribution in [1.29, 1.82) is 0 Å². The lowest BCUT2D eigenvalue weighted by molar-refractivity contribution is -0.137. The second-order valence-electron chi connectivity index (χ2n) is 4.13. The molecule has 2 rings (SSSR count). The number of nitrogens with two attached hydrogens (primary N) is 1. The second kappa shape index (κ2) is 4.58. The van der Waals surface area contributed by atoms with Crippen molar-refractivity contribution in [3.63, 3.8) is 0 Å². The molecule has 0 bridgehead atoms. The number of benzene rings is 1. The number of rotatable bonds is 3. The zero-order chi connectivity index (χ0) is 13.3. The third-order valence-corrected chi connectivity index (χ3v) is 4.49. The van der Waals surface area contributed by atoms with Gasteiger partial charge in [0.25, 0.3) is 0 Å². The number of esters is 1. The highest BCUT2D eigenvalue weighted by Crippen LogP contribution is 2.26. The second-order valence-corrected chi connectivity index (χ2v) is 6.10. The number of sulfonamides is 1. The number of hydrogen-bond donors (Lipinski definition) is 1. The van der Waals surface area contributed by atoms with Crippen LogP contribution < -0.4 is 5.73 Å². The molecule has 0 amide bonds. The Morgan fingerprint density at radius 1 is 1.39 bits per heavy atom. The van der Waals surface area contributed by atoms with Crippen LogP contribution in [-0.2, 0) is 32.6 Å². The molecule has 7 heteroatoms. The zero-order valence-electron chi connectivity index (χ0n) is 9.92. The fraction of sp³-hybridized carbons (Fsp3) is 0.364. The van der Waals surface area contributed by atoms with Crippen LogP contribution >= 0.6 is 0 Å². The van der Waals surface area contributed by atoms with Crippen molar-refractivity contribution in [1.82, 2.24) is 4.31 Å². The average Bonchev–Trinajstić information content (AvgIpc) is 2.71. The molecule has 18 heavy (non-hydrogen) atoms. The molecule has 0 spiro atoms. The molecule has 0 atom stereocenters. The molecule has 0 fully saturated rings. The topological polar surface area (TPSA) is 89.7 Å². The van der Waals surface area contributed by atoms with Gasteiger partial charge in [0.05, 0.1) is 7.11 Å². The van der Waals surface area contributed by atoms with E-state index in [2.05, 4.69) is 4.74 Å². The van der Waals surface area contributed by atoms with Crippen LogP contribution in [0.5, 0.6) is 0 Å². The van der Waals surface area contributed by atoms with E-state index < -0.39 is 21.7 Å². The lowest BCUT2D eigenvalue weighted by atomic mass is 10.1. The van der Waals surface area contributed by atoms with Crippen molar-refractivity contribution in [3.8, 4) is 0 Å². The van der Waals surface area contributed by atoms with Gasteiger partial charge in [0.1, 0.15) is 0 Å². The Kier molecular flexibility index (Phi) is 3.27. The summed E-state index contributed by atoms with van der Waals surface area (Å²) in [7, 11) is -2.47. The maximum absolute atomic E-state index is 11.9. The summed E-state index contributed by atoms with van der Waals surface area (Å²) in [5.41, 5.74) is 8.04. The third-order valence-electron chi connectivity index (χ3n) is 2.85. The van der Waals surface area contributed by atoms with E-state index in [1.165, 1.54) is 4.31 Å². The summed E-state index contributed by atoms with van der Waals surface area (Å²) in [6.07, 6.45) is 0. The fourth-order valence-corrected chi connectivity index (χ4v) is 3.15. The number of carbonyl (C=O) groups is 1. The maximum Gasteiger partial charge on any atom is 0.322 e. The molecule has 1 aromatic rings. The number of carbonyl (C=O) groups excluding carboxylic acids is 1. The molecule has 2 N–H and O–H groups in total. The van der Waals surface area contributed by atoms with Crippen molar-refractivity contribution in [2.45, 2.75) is 13.1 Å². The van der Waals surface area contributed by atoms with Crippen LogP contribution in [0, 0.1) is 0 Å². The Balaban J connectivity index is 2.18. The smallest absolute Gasteiger partial charge is 0.322 e. The van der Waals surface area contributed by atoms with Gasteiger partial charge in [-0.25, -0.2) is 8.42 Å². The summed E-state index contributed by atoms with van der Waals surface area (Å²) in [5, 5.41) is 0. The van der Waals surface area contributed by atoms with Gasteiger partial charge in [-0.1, -0.05) is 6.07 Å². The molecule has 1 heterocycles. The molecule has 0 saturated heterocycles. The SMILES string of the molecule is COC(=O)CS(=O)(=O)N1Cc2ccc(N)cc2C1. The van der Waals surface area contributed by atoms with E-state index in [-0.39, 0.29) is 13.1 Å². The van der Waals surface area contributed by atoms with Crippen LogP contribution in [-0.4, -0.2) is 31.6 Å². The third kappa shape index (κ3) is 2.46. The summed E-state index contributed by atoms with van der Waals surface area (Å²) in [6.45, 7) is 0.522. The molecular weight excluding hydrogens is 256 g/mol. The first-order chi connectivity index (χ1) is 8.42. The number of anilines is 1. The average molecular weight is 270 g/mol. The highest BCUT2D eigenvalue weighted by atomic mass is 32.2. The molecule has 0 unspecified atom stereocenters. The molecule has 6 nitrogen and oxygen atoms in total. The van der Waals surface area contributed by atoms with Gasteiger partial charge in [-0.2, -0.15) is 4.31 Å². The fourth-order valence-electron chi connectivity index (χ4n) is 1.88. The van der Waals surface area contributed by atoms with Crippen LogP contribution in [0.15, 0.2) is 18.2 Å². The van der Waals surface area contributed by atoms with E-state index in [0.717, 1.165) is 18.2 Å². The maximum atomic E-state index is 11.9. The van der Waals surface area contributed by atoms with Crippen LogP contribution in [0.3, 0.4) is 0 Å². The van der Waals surface area contributed by atoms with Crippen molar-refractivity contribution in [2.75, 3.05) is 18.6 Å². The van der Waals surface area contributed by atoms with E-state index in [4.69, 9.17) is 5.73 Å². The Morgan fingerprint density at radius 3 is 2.72 bits per heavy atom. The minimum Gasteiger partial charge on any atom is -0.468 e. The number of ether oxygens (including phenoxy) is 1. The van der Waals surface area contributed by atoms with Crippen LogP contribution in [0.25, 0.3) is 0 Å². The van der Waals surface area contributed by atoms with Gasteiger partial charge in [0, 0.05) is 18.8 Å². The molecule has 1 aromatic carbocycles. The van der Waals surface area contributed by atoms with E-state index in [0.29, 0.717) is 5.69 Å². The van der Waals surface area contributed by atoms with Crippen LogP contribution in [0.1, 0.15) is 11.1 Å². The van der Waals surface area contributed by atoms with Crippen molar-refractivity contribution >= 4 is 21.7 Å². The lowest BCUT2D eigenvalue weighted by Crippen LogP contribution is -2.31. The summed E-state index contributed by atoms with van der Waals surface area (Å²) in [6, 6.07) is 5.29. The number of methoxy groups -OCH3 is 1. The first kappa shape index (κ1) is 12.8. The highest BCUT2D eigenvalue weighted by Gasteiger charge is 2.31. The van der Waals surface area contributed by atoms with Crippen LogP contribution in [0.2, 0.25) is 0 Å². The molecule has 98 valence electrons. The first-order valence-corrected chi connectivity index (χ1v) is 6.95. The lowest BCUT2D eigenvalue weighted by Gasteiger charge is -2.14. The summed E-state index contributed by atoms with van der Waals surface area (Å²) in [4.78, 5) is 11.1. The Bertz CT molecular complexity index is 583. The quantitative estimate of drug-likeness (QED) is 0.621. The monoisotopic (exact) mass is 270 g/mol. The van der Waals surface area contributed by atoms with Gasteiger partial charge >= 0.3 is 5.97 Å². The number of nitrogens with zero attached hydrogens (tertiary/aromatic N) is 1. The van der Waals surface area contributed by atoms with Crippen molar-refractivity contribution in [3.05, 3.63) is 29.3 Å². The summed E-state index contributed by atoms with van der Waals surface area (Å²) in [5.74, 6) is -1.39. The molecule has 0 aromatic heterocycles. The van der Waals surface area contributed by atoms with Gasteiger partial charge in [-0.05, 0) is 23.3 Å². The zero-order valence-corrected chi connectivity index (χ0v) is 10.7. The highest BCUT2D eigenvalue weighted by molar-refractivity contribution is 7.89. The minimum absolute atomic E-state index is 0.250. The van der Waals surface area contributed by atoms with Gasteiger partial charge in [0.2, 0.25) is 10.0 Å². The molecule has 1 aliphatic heterocycles. The molecule has 0 radical (unpaired) electrons. The van der Waals surface area contributed by atoms with Crippen molar-refractivity contribution in [2.24, 2.45) is 0 Å². The van der Waals surface area contributed by atoms with E-state index in [1.807, 2.05) is 0 Å². The van der Waals surface area contributed by atoms with Gasteiger partial charge in [-0.15, -0.1) is 0 Å². The number of nitrogen functional groups attached to an aromatic ring is 1. The van der Waals surface area contributed by atoms with E-state index in [9.17, 15) is 13.2 Å². The molecule has 0 aliphatic carbocycles. The number of hydrogen-bond acceptors (Lipinski definition) is 5. The molecule has 0 saturated carbocycles. The van der Waals surface area contributed by atoms with Gasteiger partial charge < -0.3 is 10.5 Å². The minimum atomic E-state index is -3.63. The van der Waals surface area contributed by atoms with Gasteiger partial charge in [-0.3, -0.25) is 4.79 Å². The Hall–Kier alpha value is -1.60. The largest absolute Gasteiger partial charge is 0.468 e. The Labute approximate surface area is 105 Å². The predicted molar refractivity (Wildman–Crippen MR) is 65.9 cm³/mol. The van der Waals surface area contributed by atoms with E-state index >= 15 is 0 Å². The summed E-state index contributed by atoms with van der Waals surface area (Å²) < 4.78 is 29.5. The standard InChI is InChI=1S/C11H14N2O4S/c1-17-11(14)7-18(15,16)13-5-8-2-3-10(12)4-9(8)6-13/h2-4H,5-7,12H2,1H3. The molecular formula is C11H14N2O4S. The van der Waals surface area contributed by atoms with Crippen molar-refractivity contribution < 1.29 is 17.9 Å². The summed E-state index contributed by atoms with van der Waals surface area (Å²) >= 11 is 0. The van der Waals surface area contributed by atoms with Gasteiger partial charge in [0.15, 0.2) is 5.75 Å². The first-order valence-electron chi connectivity index (χ1n) is 5.34. The normalized spacial score (nSPS) is 15.4. The predicted octanol–water partition coefficient (Wildman–Crippen LogP) is 0.0872. The van der Waals surface area contributed by atoms with Crippen LogP contribution in [0.4, 0.5) is 5.69 Å². The molecule has 1 aliphatic rings.